The zero-order chi connectivity index (χ0) is 24.3. The van der Waals surface area contributed by atoms with Gasteiger partial charge in [-0.15, -0.1) is 0 Å². The maximum Gasteiger partial charge on any atom is 0.292 e. The molecule has 1 saturated heterocycles. The molecule has 2 aromatic carbocycles. The number of carbonyl (C=O) groups excluding carboxylic acids is 1. The summed E-state index contributed by atoms with van der Waals surface area (Å²) in [5.74, 6) is 0.611. The van der Waals surface area contributed by atoms with Gasteiger partial charge in [-0.05, 0) is 35.2 Å². The van der Waals surface area contributed by atoms with Crippen LogP contribution in [-0.2, 0) is 10.2 Å². The Morgan fingerprint density at radius 1 is 1.00 bits per heavy atom. The van der Waals surface area contributed by atoms with Crippen LogP contribution in [-0.4, -0.2) is 53.4 Å². The van der Waals surface area contributed by atoms with Gasteiger partial charge < -0.3 is 14.5 Å². The number of rotatable bonds is 5. The van der Waals surface area contributed by atoms with Gasteiger partial charge in [0.1, 0.15) is 10.8 Å². The van der Waals surface area contributed by atoms with Gasteiger partial charge in [0.15, 0.2) is 6.61 Å². The van der Waals surface area contributed by atoms with Crippen molar-refractivity contribution < 1.29 is 9.53 Å². The van der Waals surface area contributed by atoms with Crippen molar-refractivity contribution in [2.24, 2.45) is 0 Å². The lowest BCUT2D eigenvalue weighted by Crippen LogP contribution is -2.50. The number of anilines is 1. The fourth-order valence-electron chi connectivity index (χ4n) is 3.88. The standard InChI is InChI=1S/C26H29ClN4O3/c1-26(2,3)19-9-11-21(12-10-19)34-18-23(32)30-15-13-29(14-16-30)22-17-28-31(25(33)24(22)27)20-7-5-4-6-8-20/h4-12,17H,13-16,18H2,1-3H3. The molecule has 1 fully saturated rings. The molecule has 1 aliphatic heterocycles. The Balaban J connectivity index is 1.34. The van der Waals surface area contributed by atoms with E-state index in [2.05, 4.69) is 25.9 Å². The number of carbonyl (C=O) groups is 1. The fraction of sp³-hybridized carbons (Fsp3) is 0.346. The van der Waals surface area contributed by atoms with Crippen molar-refractivity contribution in [3.63, 3.8) is 0 Å². The largest absolute Gasteiger partial charge is 0.484 e. The minimum atomic E-state index is -0.366. The molecule has 1 aromatic heterocycles. The number of amides is 1. The molecule has 4 rings (SSSR count). The summed E-state index contributed by atoms with van der Waals surface area (Å²) < 4.78 is 7.00. The molecule has 178 valence electrons. The first-order valence-corrected chi connectivity index (χ1v) is 11.7. The highest BCUT2D eigenvalue weighted by Crippen LogP contribution is 2.25. The van der Waals surface area contributed by atoms with Crippen LogP contribution in [0.3, 0.4) is 0 Å². The van der Waals surface area contributed by atoms with E-state index in [1.165, 1.54) is 10.2 Å². The lowest BCUT2D eigenvalue weighted by Gasteiger charge is -2.36. The van der Waals surface area contributed by atoms with Crippen molar-refractivity contribution in [2.45, 2.75) is 26.2 Å². The zero-order valence-corrected chi connectivity index (χ0v) is 20.5. The molecule has 34 heavy (non-hydrogen) atoms. The van der Waals surface area contributed by atoms with Gasteiger partial charge >= 0.3 is 0 Å². The van der Waals surface area contributed by atoms with Crippen LogP contribution in [0.2, 0.25) is 5.02 Å². The highest BCUT2D eigenvalue weighted by atomic mass is 35.5. The number of nitrogens with zero attached hydrogens (tertiary/aromatic N) is 4. The Hall–Kier alpha value is -3.32. The highest BCUT2D eigenvalue weighted by molar-refractivity contribution is 6.33. The van der Waals surface area contributed by atoms with Crippen LogP contribution in [0.4, 0.5) is 5.69 Å². The topological polar surface area (TPSA) is 67.7 Å². The molecule has 8 heteroatoms. The first-order chi connectivity index (χ1) is 16.2. The van der Waals surface area contributed by atoms with Crippen LogP contribution >= 0.6 is 11.6 Å². The Morgan fingerprint density at radius 3 is 2.26 bits per heavy atom. The predicted octanol–water partition coefficient (Wildman–Crippen LogP) is 3.91. The van der Waals surface area contributed by atoms with Crippen molar-refractivity contribution in [3.05, 3.63) is 81.7 Å². The van der Waals surface area contributed by atoms with Gasteiger partial charge in [-0.2, -0.15) is 9.78 Å². The Bertz CT molecular complexity index is 1200. The molecule has 3 aromatic rings. The smallest absolute Gasteiger partial charge is 0.292 e. The predicted molar refractivity (Wildman–Crippen MR) is 134 cm³/mol. The summed E-state index contributed by atoms with van der Waals surface area (Å²) in [6, 6.07) is 17.0. The molecule has 0 radical (unpaired) electrons. The average molecular weight is 481 g/mol. The van der Waals surface area contributed by atoms with E-state index < -0.39 is 0 Å². The summed E-state index contributed by atoms with van der Waals surface area (Å²) in [6.45, 7) is 8.61. The van der Waals surface area contributed by atoms with E-state index >= 15 is 0 Å². The Kier molecular flexibility index (Phi) is 6.93. The lowest BCUT2D eigenvalue weighted by atomic mass is 9.87. The van der Waals surface area contributed by atoms with Gasteiger partial charge in [0.25, 0.3) is 11.5 Å². The van der Waals surface area contributed by atoms with Crippen molar-refractivity contribution in [1.82, 2.24) is 14.7 Å². The maximum atomic E-state index is 12.8. The third-order valence-corrected chi connectivity index (χ3v) is 6.31. The summed E-state index contributed by atoms with van der Waals surface area (Å²) in [5.41, 5.74) is 2.16. The van der Waals surface area contributed by atoms with E-state index in [4.69, 9.17) is 16.3 Å². The summed E-state index contributed by atoms with van der Waals surface area (Å²) in [7, 11) is 0. The Labute approximate surface area is 204 Å². The number of benzene rings is 2. The summed E-state index contributed by atoms with van der Waals surface area (Å²) in [5, 5.41) is 4.43. The van der Waals surface area contributed by atoms with Gasteiger partial charge in [-0.25, -0.2) is 0 Å². The number of ether oxygens (including phenoxy) is 1. The molecular formula is C26H29ClN4O3. The van der Waals surface area contributed by atoms with E-state index in [1.54, 1.807) is 23.2 Å². The molecule has 1 aliphatic rings. The second kappa shape index (κ2) is 9.89. The number of aromatic nitrogens is 2. The van der Waals surface area contributed by atoms with Crippen molar-refractivity contribution >= 4 is 23.2 Å². The average Bonchev–Trinajstić information content (AvgIpc) is 2.84. The highest BCUT2D eigenvalue weighted by Gasteiger charge is 2.24. The monoisotopic (exact) mass is 480 g/mol. The summed E-state index contributed by atoms with van der Waals surface area (Å²) in [6.07, 6.45) is 1.61. The van der Waals surface area contributed by atoms with Crippen LogP contribution in [0, 0.1) is 0 Å². The third kappa shape index (κ3) is 5.25. The van der Waals surface area contributed by atoms with E-state index in [0.717, 1.165) is 0 Å². The molecule has 7 nitrogen and oxygen atoms in total. The van der Waals surface area contributed by atoms with Crippen LogP contribution in [0.1, 0.15) is 26.3 Å². The molecule has 0 unspecified atom stereocenters. The number of hydrogen-bond donors (Lipinski definition) is 0. The van der Waals surface area contributed by atoms with Crippen LogP contribution in [0.25, 0.3) is 5.69 Å². The SMILES string of the molecule is CC(C)(C)c1ccc(OCC(=O)N2CCN(c3cnn(-c4ccccc4)c(=O)c3Cl)CC2)cc1. The lowest BCUT2D eigenvalue weighted by molar-refractivity contribution is -0.133. The maximum absolute atomic E-state index is 12.8. The first-order valence-electron chi connectivity index (χ1n) is 11.3. The van der Waals surface area contributed by atoms with Crippen LogP contribution < -0.4 is 15.2 Å². The van der Waals surface area contributed by atoms with Gasteiger partial charge in [0, 0.05) is 26.2 Å². The second-order valence-electron chi connectivity index (χ2n) is 9.33. The van der Waals surface area contributed by atoms with Gasteiger partial charge in [0.05, 0.1) is 17.6 Å². The summed E-state index contributed by atoms with van der Waals surface area (Å²) >= 11 is 6.42. The van der Waals surface area contributed by atoms with E-state index in [1.807, 2.05) is 47.4 Å². The number of hydrogen-bond acceptors (Lipinski definition) is 5. The zero-order valence-electron chi connectivity index (χ0n) is 19.7. The van der Waals surface area contributed by atoms with Gasteiger partial charge in [0.2, 0.25) is 0 Å². The van der Waals surface area contributed by atoms with Crippen LogP contribution in [0.5, 0.6) is 5.75 Å². The molecular weight excluding hydrogens is 452 g/mol. The molecule has 0 saturated carbocycles. The van der Waals surface area contributed by atoms with Crippen LogP contribution in [0.15, 0.2) is 65.6 Å². The van der Waals surface area contributed by atoms with Crippen molar-refractivity contribution in [3.8, 4) is 11.4 Å². The van der Waals surface area contributed by atoms with Gasteiger partial charge in [-0.1, -0.05) is 62.7 Å². The first kappa shape index (κ1) is 23.8. The minimum Gasteiger partial charge on any atom is -0.484 e. The second-order valence-corrected chi connectivity index (χ2v) is 9.71. The molecule has 0 N–H and O–H groups in total. The van der Waals surface area contributed by atoms with E-state index in [9.17, 15) is 9.59 Å². The van der Waals surface area contributed by atoms with Crippen molar-refractivity contribution in [2.75, 3.05) is 37.7 Å². The molecule has 0 atom stereocenters. The molecule has 2 heterocycles. The normalized spacial score (nSPS) is 14.2. The van der Waals surface area contributed by atoms with E-state index in [0.29, 0.717) is 43.3 Å². The van der Waals surface area contributed by atoms with E-state index in [-0.39, 0.29) is 28.5 Å². The molecule has 0 spiro atoms. The number of para-hydroxylation sites is 1. The number of piperazine rings is 1. The molecule has 0 aliphatic carbocycles. The number of halogens is 1. The summed E-state index contributed by atoms with van der Waals surface area (Å²) in [4.78, 5) is 29.2. The quantitative estimate of drug-likeness (QED) is 0.554. The fourth-order valence-corrected chi connectivity index (χ4v) is 4.13. The minimum absolute atomic E-state index is 0.00963. The Morgan fingerprint density at radius 2 is 1.65 bits per heavy atom. The van der Waals surface area contributed by atoms with Gasteiger partial charge in [-0.3, -0.25) is 9.59 Å². The molecule has 0 bridgehead atoms. The molecule has 1 amide bonds. The van der Waals surface area contributed by atoms with Crippen molar-refractivity contribution in [1.29, 1.82) is 0 Å². The third-order valence-electron chi connectivity index (χ3n) is 5.96.